The number of fused-ring (bicyclic) bond motifs is 3. The number of nitrogens with two attached hydrogens (primary N) is 1. The number of aliphatic hydroxyl groups is 1. The van der Waals surface area contributed by atoms with Crippen molar-refractivity contribution in [2.45, 2.75) is 32.3 Å². The first-order valence-corrected chi connectivity index (χ1v) is 12.5. The van der Waals surface area contributed by atoms with E-state index in [9.17, 15) is 14.7 Å². The van der Waals surface area contributed by atoms with Crippen LogP contribution in [0, 0.1) is 0 Å². The molecular weight excluding hydrogens is 502 g/mol. The van der Waals surface area contributed by atoms with Crippen molar-refractivity contribution in [2.75, 3.05) is 5.32 Å². The zero-order valence-corrected chi connectivity index (χ0v) is 21.7. The maximum Gasteiger partial charge on any atom is 0.269 e. The van der Waals surface area contributed by atoms with Crippen LogP contribution < -0.4 is 11.1 Å². The van der Waals surface area contributed by atoms with Gasteiger partial charge < -0.3 is 16.2 Å². The molecule has 2 amide bonds. The van der Waals surface area contributed by atoms with Crippen molar-refractivity contribution in [3.63, 3.8) is 0 Å². The van der Waals surface area contributed by atoms with Crippen LogP contribution in [0.1, 0.15) is 51.4 Å². The molecule has 0 aliphatic heterocycles. The van der Waals surface area contributed by atoms with Gasteiger partial charge in [0.2, 0.25) is 0 Å². The van der Waals surface area contributed by atoms with Gasteiger partial charge in [0.05, 0.1) is 22.5 Å². The number of halogens is 1. The van der Waals surface area contributed by atoms with E-state index in [4.69, 9.17) is 17.3 Å². The summed E-state index contributed by atoms with van der Waals surface area (Å²) in [5.74, 6) is -0.969. The average Bonchev–Trinajstić information content (AvgIpc) is 3.28. The Kier molecular flexibility index (Phi) is 6.60. The molecule has 0 radical (unpaired) electrons. The molecule has 2 heterocycles. The van der Waals surface area contributed by atoms with Crippen molar-refractivity contribution < 1.29 is 14.7 Å². The highest BCUT2D eigenvalue weighted by Gasteiger charge is 2.28. The summed E-state index contributed by atoms with van der Waals surface area (Å²) in [6.45, 7) is 3.41. The Morgan fingerprint density at radius 2 is 1.89 bits per heavy atom. The summed E-state index contributed by atoms with van der Waals surface area (Å²) in [5.41, 5.74) is 11.0. The topological polar surface area (TPSA) is 123 Å². The molecule has 0 spiro atoms. The van der Waals surface area contributed by atoms with Gasteiger partial charge in [-0.05, 0) is 74.2 Å². The number of aromatic nitrogens is 3. The first kappa shape index (κ1) is 25.4. The van der Waals surface area contributed by atoms with Gasteiger partial charge in [0.1, 0.15) is 5.15 Å². The molecule has 2 aromatic heterocycles. The second-order valence-corrected chi connectivity index (χ2v) is 10.1. The maximum atomic E-state index is 12.8. The summed E-state index contributed by atoms with van der Waals surface area (Å²) in [7, 11) is 0. The van der Waals surface area contributed by atoms with Crippen molar-refractivity contribution in [2.24, 2.45) is 5.73 Å². The number of aryl methyl sites for hydroxylation is 1. The highest BCUT2D eigenvalue weighted by Crippen LogP contribution is 2.38. The highest BCUT2D eigenvalue weighted by atomic mass is 35.5. The van der Waals surface area contributed by atoms with Gasteiger partial charge in [-0.3, -0.25) is 9.59 Å². The van der Waals surface area contributed by atoms with E-state index in [1.807, 2.05) is 48.5 Å². The molecule has 9 heteroatoms. The van der Waals surface area contributed by atoms with E-state index >= 15 is 0 Å². The fourth-order valence-electron chi connectivity index (χ4n) is 4.48. The summed E-state index contributed by atoms with van der Waals surface area (Å²) in [6, 6.07) is 16.5. The molecule has 1 aliphatic rings. The van der Waals surface area contributed by atoms with Crippen LogP contribution in [-0.4, -0.2) is 37.3 Å². The fraction of sp³-hybridized carbons (Fsp3) is 0.172. The molecule has 192 valence electrons. The van der Waals surface area contributed by atoms with Crippen molar-refractivity contribution in [1.29, 1.82) is 0 Å². The molecule has 0 atom stereocenters. The van der Waals surface area contributed by atoms with Crippen LogP contribution in [0.4, 0.5) is 5.69 Å². The zero-order chi connectivity index (χ0) is 27.0. The number of benzene rings is 2. The molecule has 2 aromatic carbocycles. The normalized spacial score (nSPS) is 12.7. The van der Waals surface area contributed by atoms with Gasteiger partial charge >= 0.3 is 0 Å². The van der Waals surface area contributed by atoms with Crippen LogP contribution in [0.3, 0.4) is 0 Å². The molecule has 4 aromatic rings. The van der Waals surface area contributed by atoms with Gasteiger partial charge in [0.15, 0.2) is 5.69 Å². The second-order valence-electron chi connectivity index (χ2n) is 9.70. The minimum atomic E-state index is -0.921. The third-order valence-electron chi connectivity index (χ3n) is 6.31. The Bertz CT molecular complexity index is 1580. The smallest absolute Gasteiger partial charge is 0.269 e. The quantitative estimate of drug-likeness (QED) is 0.310. The minimum Gasteiger partial charge on any atom is -0.386 e. The summed E-state index contributed by atoms with van der Waals surface area (Å²) in [4.78, 5) is 29.1. The monoisotopic (exact) mass is 527 g/mol. The van der Waals surface area contributed by atoms with Crippen molar-refractivity contribution in [3.05, 3.63) is 100.0 Å². The Balaban J connectivity index is 1.55. The number of nitrogens with one attached hydrogen (secondary N) is 1. The third kappa shape index (κ3) is 5.09. The molecule has 0 fully saturated rings. The summed E-state index contributed by atoms with van der Waals surface area (Å²) < 4.78 is 1.72. The number of carbonyl (C=O) groups is 2. The average molecular weight is 528 g/mol. The number of anilines is 1. The number of pyridine rings is 1. The summed E-state index contributed by atoms with van der Waals surface area (Å²) in [5, 5.41) is 17.6. The molecule has 0 unspecified atom stereocenters. The lowest BCUT2D eigenvalue weighted by molar-refractivity contribution is 0.0992. The van der Waals surface area contributed by atoms with E-state index in [1.54, 1.807) is 36.7 Å². The van der Waals surface area contributed by atoms with Gasteiger partial charge in [-0.25, -0.2) is 9.67 Å². The first-order chi connectivity index (χ1) is 18.1. The van der Waals surface area contributed by atoms with Crippen LogP contribution in [-0.2, 0) is 12.8 Å². The SMILES string of the molecule is CC(C)(O)/C=C/c1ccc(-n2nc(C(N)=O)c3c2-c2cc(NC(=O)c4cccnc4Cl)ccc2CC3)cc1. The molecular formula is C29H26ClN5O3. The van der Waals surface area contributed by atoms with E-state index in [0.29, 0.717) is 18.5 Å². The van der Waals surface area contributed by atoms with E-state index in [0.717, 1.165) is 33.6 Å². The predicted molar refractivity (Wildman–Crippen MR) is 147 cm³/mol. The largest absolute Gasteiger partial charge is 0.386 e. The summed E-state index contributed by atoms with van der Waals surface area (Å²) >= 11 is 6.10. The van der Waals surface area contributed by atoms with Crippen LogP contribution in [0.15, 0.2) is 66.9 Å². The Morgan fingerprint density at radius 3 is 2.58 bits per heavy atom. The van der Waals surface area contributed by atoms with Crippen LogP contribution in [0.25, 0.3) is 23.0 Å². The third-order valence-corrected chi connectivity index (χ3v) is 6.61. The zero-order valence-electron chi connectivity index (χ0n) is 20.9. The lowest BCUT2D eigenvalue weighted by atomic mass is 9.88. The number of nitrogens with zero attached hydrogens (tertiary/aromatic N) is 3. The number of amides is 2. The lowest BCUT2D eigenvalue weighted by Crippen LogP contribution is -2.16. The molecule has 4 N–H and O–H groups in total. The van der Waals surface area contributed by atoms with Gasteiger partial charge in [0, 0.05) is 23.0 Å². The number of rotatable bonds is 6. The molecule has 0 saturated carbocycles. The van der Waals surface area contributed by atoms with E-state index in [1.165, 1.54) is 6.20 Å². The first-order valence-electron chi connectivity index (χ1n) is 12.1. The standard InChI is InChI=1S/C29H26ClN5O3/c1-29(2,38)14-13-17-5-10-20(11-6-17)35-25-21(24(34-35)27(31)36)12-8-18-7-9-19(16-23(18)25)33-28(37)22-4-3-15-32-26(22)30/h3-7,9-11,13-16,38H,8,12H2,1-2H3,(H2,31,36)(H,33,37)/b14-13+. The summed E-state index contributed by atoms with van der Waals surface area (Å²) in [6.07, 6.45) is 6.40. The van der Waals surface area contributed by atoms with E-state index < -0.39 is 11.5 Å². The highest BCUT2D eigenvalue weighted by molar-refractivity contribution is 6.33. The van der Waals surface area contributed by atoms with Gasteiger partial charge in [-0.1, -0.05) is 42.0 Å². The number of primary amides is 1. The minimum absolute atomic E-state index is 0.121. The molecule has 0 bridgehead atoms. The Labute approximate surface area is 224 Å². The lowest BCUT2D eigenvalue weighted by Gasteiger charge is -2.20. The Hall–Kier alpha value is -4.27. The predicted octanol–water partition coefficient (Wildman–Crippen LogP) is 4.82. The molecule has 38 heavy (non-hydrogen) atoms. The van der Waals surface area contributed by atoms with Crippen LogP contribution >= 0.6 is 11.6 Å². The molecule has 5 rings (SSSR count). The molecule has 8 nitrogen and oxygen atoms in total. The number of carbonyl (C=O) groups excluding carboxylic acids is 2. The van der Waals surface area contributed by atoms with E-state index in [-0.39, 0.29) is 22.3 Å². The molecule has 1 aliphatic carbocycles. The van der Waals surface area contributed by atoms with E-state index in [2.05, 4.69) is 15.4 Å². The Morgan fingerprint density at radius 1 is 1.13 bits per heavy atom. The fourth-order valence-corrected chi connectivity index (χ4v) is 4.69. The van der Waals surface area contributed by atoms with Gasteiger partial charge in [-0.15, -0.1) is 0 Å². The van der Waals surface area contributed by atoms with Crippen LogP contribution in [0.5, 0.6) is 0 Å². The number of hydrogen-bond donors (Lipinski definition) is 3. The van der Waals surface area contributed by atoms with Crippen molar-refractivity contribution in [1.82, 2.24) is 14.8 Å². The van der Waals surface area contributed by atoms with Gasteiger partial charge in [0.25, 0.3) is 11.8 Å². The van der Waals surface area contributed by atoms with Crippen LogP contribution in [0.2, 0.25) is 5.15 Å². The van der Waals surface area contributed by atoms with Crippen molar-refractivity contribution >= 4 is 35.2 Å². The molecule has 0 saturated heterocycles. The second kappa shape index (κ2) is 9.89. The number of hydrogen-bond acceptors (Lipinski definition) is 5. The van der Waals surface area contributed by atoms with Gasteiger partial charge in [-0.2, -0.15) is 5.10 Å². The van der Waals surface area contributed by atoms with Crippen molar-refractivity contribution in [3.8, 4) is 16.9 Å². The maximum absolute atomic E-state index is 12.8.